The van der Waals surface area contributed by atoms with E-state index < -0.39 is 0 Å². The molecular formula is C13H11BrClFN2. The minimum Gasteiger partial charge on any atom is -0.309 e. The Balaban J connectivity index is 2.49. The molecule has 94 valence electrons. The number of hydrogen-bond acceptors (Lipinski definition) is 2. The van der Waals surface area contributed by atoms with E-state index in [0.717, 1.165) is 10.0 Å². The predicted octanol–water partition coefficient (Wildman–Crippen LogP) is 3.95. The van der Waals surface area contributed by atoms with Crippen LogP contribution in [-0.2, 0) is 0 Å². The maximum atomic E-state index is 13.8. The van der Waals surface area contributed by atoms with E-state index in [1.807, 2.05) is 6.07 Å². The molecule has 0 radical (unpaired) electrons. The van der Waals surface area contributed by atoms with E-state index >= 15 is 0 Å². The smallest absolute Gasteiger partial charge is 0.146 e. The normalized spacial score (nSPS) is 12.4. The van der Waals surface area contributed by atoms with Gasteiger partial charge in [0.15, 0.2) is 0 Å². The summed E-state index contributed by atoms with van der Waals surface area (Å²) in [6.07, 6.45) is 2.79. The number of rotatable bonds is 3. The minimum absolute atomic E-state index is 0.250. The third-order valence-electron chi connectivity index (χ3n) is 2.68. The van der Waals surface area contributed by atoms with E-state index in [2.05, 4.69) is 26.2 Å². The Morgan fingerprint density at radius 3 is 2.72 bits per heavy atom. The van der Waals surface area contributed by atoms with E-state index in [1.165, 1.54) is 6.20 Å². The first-order chi connectivity index (χ1) is 8.63. The highest BCUT2D eigenvalue weighted by molar-refractivity contribution is 9.10. The molecule has 0 bridgehead atoms. The van der Waals surface area contributed by atoms with Gasteiger partial charge >= 0.3 is 0 Å². The highest BCUT2D eigenvalue weighted by Crippen LogP contribution is 2.31. The first-order valence-electron chi connectivity index (χ1n) is 5.35. The van der Waals surface area contributed by atoms with E-state index in [4.69, 9.17) is 11.6 Å². The van der Waals surface area contributed by atoms with Crippen LogP contribution in [0, 0.1) is 5.82 Å². The number of aromatic nitrogens is 1. The summed E-state index contributed by atoms with van der Waals surface area (Å²) < 4.78 is 14.6. The molecule has 1 aromatic carbocycles. The highest BCUT2D eigenvalue weighted by Gasteiger charge is 2.18. The quantitative estimate of drug-likeness (QED) is 0.922. The van der Waals surface area contributed by atoms with E-state index in [0.29, 0.717) is 10.6 Å². The van der Waals surface area contributed by atoms with Crippen molar-refractivity contribution in [2.45, 2.75) is 6.04 Å². The van der Waals surface area contributed by atoms with E-state index in [1.54, 1.807) is 31.4 Å². The molecule has 0 spiro atoms. The first kappa shape index (κ1) is 13.5. The monoisotopic (exact) mass is 328 g/mol. The number of nitrogens with zero attached hydrogens (tertiary/aromatic N) is 1. The van der Waals surface area contributed by atoms with Crippen molar-refractivity contribution in [2.24, 2.45) is 0 Å². The second-order valence-electron chi connectivity index (χ2n) is 3.78. The van der Waals surface area contributed by atoms with Crippen LogP contribution in [0.5, 0.6) is 0 Å². The van der Waals surface area contributed by atoms with Crippen molar-refractivity contribution in [3.8, 4) is 0 Å². The molecular weight excluding hydrogens is 319 g/mol. The molecule has 18 heavy (non-hydrogen) atoms. The minimum atomic E-state index is -0.335. The lowest BCUT2D eigenvalue weighted by Crippen LogP contribution is -2.19. The summed E-state index contributed by atoms with van der Waals surface area (Å²) in [7, 11) is 1.78. The summed E-state index contributed by atoms with van der Waals surface area (Å²) in [6.45, 7) is 0. The second kappa shape index (κ2) is 5.78. The molecule has 2 rings (SSSR count). The lowest BCUT2D eigenvalue weighted by molar-refractivity contribution is 0.570. The SMILES string of the molecule is CNC(c1ccncc1F)c1ccc(Cl)cc1Br. The average Bonchev–Trinajstić information content (AvgIpc) is 2.34. The summed E-state index contributed by atoms with van der Waals surface area (Å²) in [5, 5.41) is 3.73. The Morgan fingerprint density at radius 2 is 2.11 bits per heavy atom. The third kappa shape index (κ3) is 2.71. The molecule has 0 saturated carbocycles. The van der Waals surface area contributed by atoms with Crippen LogP contribution in [0.15, 0.2) is 41.1 Å². The molecule has 0 fully saturated rings. The third-order valence-corrected chi connectivity index (χ3v) is 3.60. The molecule has 0 saturated heterocycles. The van der Waals surface area contributed by atoms with Crippen molar-refractivity contribution in [2.75, 3.05) is 7.05 Å². The lowest BCUT2D eigenvalue weighted by Gasteiger charge is -2.19. The molecule has 5 heteroatoms. The van der Waals surface area contributed by atoms with Crippen LogP contribution < -0.4 is 5.32 Å². The zero-order valence-electron chi connectivity index (χ0n) is 9.62. The molecule has 1 N–H and O–H groups in total. The molecule has 2 nitrogen and oxygen atoms in total. The number of hydrogen-bond donors (Lipinski definition) is 1. The topological polar surface area (TPSA) is 24.9 Å². The van der Waals surface area contributed by atoms with Crippen molar-refractivity contribution >= 4 is 27.5 Å². The van der Waals surface area contributed by atoms with Gasteiger partial charge in [-0.25, -0.2) is 4.39 Å². The van der Waals surface area contributed by atoms with Crippen molar-refractivity contribution in [1.29, 1.82) is 0 Å². The Kier molecular flexibility index (Phi) is 4.32. The molecule has 1 atom stereocenters. The van der Waals surface area contributed by atoms with Gasteiger partial charge in [-0.1, -0.05) is 33.6 Å². The van der Waals surface area contributed by atoms with Gasteiger partial charge in [0, 0.05) is 21.3 Å². The molecule has 0 aliphatic heterocycles. The van der Waals surface area contributed by atoms with Gasteiger partial charge in [-0.2, -0.15) is 0 Å². The van der Waals surface area contributed by atoms with Crippen LogP contribution in [0.3, 0.4) is 0 Å². The average molecular weight is 330 g/mol. The van der Waals surface area contributed by atoms with Crippen molar-refractivity contribution in [3.63, 3.8) is 0 Å². The van der Waals surface area contributed by atoms with Gasteiger partial charge in [-0.3, -0.25) is 4.98 Å². The van der Waals surface area contributed by atoms with Crippen molar-refractivity contribution in [3.05, 3.63) is 63.1 Å². The van der Waals surface area contributed by atoms with Crippen LogP contribution in [0.4, 0.5) is 4.39 Å². The summed E-state index contributed by atoms with van der Waals surface area (Å²) in [4.78, 5) is 3.76. The van der Waals surface area contributed by atoms with Gasteiger partial charge in [0.05, 0.1) is 12.2 Å². The van der Waals surface area contributed by atoms with Crippen molar-refractivity contribution in [1.82, 2.24) is 10.3 Å². The van der Waals surface area contributed by atoms with Gasteiger partial charge in [-0.15, -0.1) is 0 Å². The van der Waals surface area contributed by atoms with Gasteiger partial charge in [0.1, 0.15) is 5.82 Å². The molecule has 2 aromatic rings. The van der Waals surface area contributed by atoms with Gasteiger partial charge < -0.3 is 5.32 Å². The molecule has 0 aliphatic rings. The maximum Gasteiger partial charge on any atom is 0.146 e. The number of pyridine rings is 1. The lowest BCUT2D eigenvalue weighted by atomic mass is 9.99. The number of nitrogens with one attached hydrogen (secondary N) is 1. The van der Waals surface area contributed by atoms with Gasteiger partial charge in [-0.05, 0) is 30.8 Å². The van der Waals surface area contributed by atoms with Crippen molar-refractivity contribution < 1.29 is 4.39 Å². The summed E-state index contributed by atoms with van der Waals surface area (Å²) in [6, 6.07) is 6.86. The largest absolute Gasteiger partial charge is 0.309 e. The maximum absolute atomic E-state index is 13.8. The van der Waals surface area contributed by atoms with Gasteiger partial charge in [0.25, 0.3) is 0 Å². The highest BCUT2D eigenvalue weighted by atomic mass is 79.9. The molecule has 1 heterocycles. The Hall–Kier alpha value is -0.970. The van der Waals surface area contributed by atoms with Gasteiger partial charge in [0.2, 0.25) is 0 Å². The van der Waals surface area contributed by atoms with Crippen LogP contribution >= 0.6 is 27.5 Å². The van der Waals surface area contributed by atoms with E-state index in [9.17, 15) is 4.39 Å². The zero-order chi connectivity index (χ0) is 13.1. The number of halogens is 3. The fourth-order valence-corrected chi connectivity index (χ4v) is 2.75. The Labute approximate surface area is 118 Å². The standard InChI is InChI=1S/C13H11BrClFN2/c1-17-13(10-4-5-18-7-12(10)16)9-3-2-8(15)6-11(9)14/h2-7,13,17H,1H3. The molecule has 0 amide bonds. The molecule has 1 unspecified atom stereocenters. The summed E-state index contributed by atoms with van der Waals surface area (Å²) >= 11 is 9.36. The van der Waals surface area contributed by atoms with Crippen LogP contribution in [0.2, 0.25) is 5.02 Å². The van der Waals surface area contributed by atoms with Crippen LogP contribution in [0.25, 0.3) is 0 Å². The van der Waals surface area contributed by atoms with Crippen LogP contribution in [0.1, 0.15) is 17.2 Å². The summed E-state index contributed by atoms with van der Waals surface area (Å²) in [5.74, 6) is -0.335. The Morgan fingerprint density at radius 1 is 1.33 bits per heavy atom. The van der Waals surface area contributed by atoms with Crippen LogP contribution in [-0.4, -0.2) is 12.0 Å². The number of benzene rings is 1. The Bertz CT molecular complexity index is 562. The predicted molar refractivity (Wildman–Crippen MR) is 74.2 cm³/mol. The first-order valence-corrected chi connectivity index (χ1v) is 6.52. The fraction of sp³-hybridized carbons (Fsp3) is 0.154. The molecule has 0 aliphatic carbocycles. The second-order valence-corrected chi connectivity index (χ2v) is 5.08. The fourth-order valence-electron chi connectivity index (χ4n) is 1.83. The summed E-state index contributed by atoms with van der Waals surface area (Å²) in [5.41, 5.74) is 1.47. The zero-order valence-corrected chi connectivity index (χ0v) is 12.0. The van der Waals surface area contributed by atoms with E-state index in [-0.39, 0.29) is 11.9 Å². The molecule has 1 aromatic heterocycles.